The van der Waals surface area contributed by atoms with Crippen molar-refractivity contribution in [2.75, 3.05) is 0 Å². The molecule has 0 unspecified atom stereocenters. The lowest BCUT2D eigenvalue weighted by atomic mass is 10.3. The quantitative estimate of drug-likeness (QED) is 0.608. The van der Waals surface area contributed by atoms with Gasteiger partial charge in [-0.3, -0.25) is 0 Å². The van der Waals surface area contributed by atoms with Crippen molar-refractivity contribution in [3.8, 4) is 6.07 Å². The third-order valence-corrected chi connectivity index (χ3v) is 1.22. The first-order chi connectivity index (χ1) is 4.84. The van der Waals surface area contributed by atoms with E-state index in [9.17, 15) is 0 Å². The molecule has 0 aliphatic carbocycles. The van der Waals surface area contributed by atoms with Crippen molar-refractivity contribution in [1.29, 1.82) is 5.26 Å². The van der Waals surface area contributed by atoms with Crippen LogP contribution in [0.15, 0.2) is 12.3 Å². The molecule has 0 spiro atoms. The Labute approximate surface area is 63.3 Å². The highest BCUT2D eigenvalue weighted by atomic mass is 35.5. The Bertz CT molecular complexity index is 266. The van der Waals surface area contributed by atoms with Crippen LogP contribution in [0.1, 0.15) is 5.69 Å². The van der Waals surface area contributed by atoms with Crippen LogP contribution in [0.3, 0.4) is 0 Å². The summed E-state index contributed by atoms with van der Waals surface area (Å²) in [4.78, 5) is 0. The second kappa shape index (κ2) is 3.14. The van der Waals surface area contributed by atoms with Gasteiger partial charge in [0, 0.05) is 0 Å². The van der Waals surface area contributed by atoms with Crippen molar-refractivity contribution in [3.05, 3.63) is 29.4 Å². The number of nitrogens with zero attached hydrogens (tertiary/aromatic N) is 3. The molecule has 4 heteroatoms. The fourth-order valence-corrected chi connectivity index (χ4v) is 0.635. The van der Waals surface area contributed by atoms with Crippen LogP contribution in [0.2, 0.25) is 5.02 Å². The van der Waals surface area contributed by atoms with Crippen LogP contribution in [0.4, 0.5) is 0 Å². The average Bonchev–Trinajstić information content (AvgIpc) is 1.94. The molecule has 1 heterocycles. The summed E-state index contributed by atoms with van der Waals surface area (Å²) in [6, 6.07) is 3.39. The molecule has 0 aromatic carbocycles. The lowest BCUT2D eigenvalue weighted by Gasteiger charge is -1.91. The van der Waals surface area contributed by atoms with E-state index in [4.69, 9.17) is 16.9 Å². The Kier molecular flexibility index (Phi) is 2.19. The van der Waals surface area contributed by atoms with E-state index in [2.05, 4.69) is 10.2 Å². The standard InChI is InChI=1S/C6H3ClN3/c7-5-2-4-9-10-6(5)1-3-8/h1-2,4H. The van der Waals surface area contributed by atoms with Crippen LogP contribution in [0, 0.1) is 17.8 Å². The first-order valence-corrected chi connectivity index (χ1v) is 2.92. The molecule has 1 radical (unpaired) electrons. The summed E-state index contributed by atoms with van der Waals surface area (Å²) in [5, 5.41) is 15.8. The molecule has 0 saturated carbocycles. The van der Waals surface area contributed by atoms with Crippen molar-refractivity contribution >= 4 is 11.6 Å². The van der Waals surface area contributed by atoms with Gasteiger partial charge in [0.25, 0.3) is 0 Å². The zero-order valence-electron chi connectivity index (χ0n) is 4.95. The molecule has 10 heavy (non-hydrogen) atoms. The molecule has 0 amide bonds. The van der Waals surface area contributed by atoms with Gasteiger partial charge in [-0.2, -0.15) is 15.5 Å². The minimum atomic E-state index is 0.409. The van der Waals surface area contributed by atoms with Gasteiger partial charge in [0.15, 0.2) is 0 Å². The summed E-state index contributed by atoms with van der Waals surface area (Å²) < 4.78 is 0. The molecule has 0 aliphatic heterocycles. The number of aromatic nitrogens is 2. The van der Waals surface area contributed by atoms with Crippen molar-refractivity contribution in [2.24, 2.45) is 0 Å². The van der Waals surface area contributed by atoms with Crippen LogP contribution in [-0.4, -0.2) is 10.2 Å². The monoisotopic (exact) mass is 152 g/mol. The van der Waals surface area contributed by atoms with Crippen molar-refractivity contribution in [1.82, 2.24) is 10.2 Å². The summed E-state index contributed by atoms with van der Waals surface area (Å²) in [7, 11) is 0. The van der Waals surface area contributed by atoms with Gasteiger partial charge in [0.1, 0.15) is 12.1 Å². The Morgan fingerprint density at radius 1 is 1.70 bits per heavy atom. The first-order valence-electron chi connectivity index (χ1n) is 2.54. The highest BCUT2D eigenvalue weighted by Crippen LogP contribution is 2.11. The SMILES string of the molecule is N#C[CH]c1nnccc1Cl. The summed E-state index contributed by atoms with van der Waals surface area (Å²) in [5.74, 6) is 0. The molecule has 0 aliphatic rings. The topological polar surface area (TPSA) is 49.6 Å². The average molecular weight is 153 g/mol. The zero-order chi connectivity index (χ0) is 7.40. The van der Waals surface area contributed by atoms with Gasteiger partial charge in [0.05, 0.1) is 17.3 Å². The van der Waals surface area contributed by atoms with E-state index in [0.717, 1.165) is 0 Å². The molecule has 0 N–H and O–H groups in total. The predicted molar refractivity (Wildman–Crippen MR) is 36.1 cm³/mol. The Morgan fingerprint density at radius 3 is 3.10 bits per heavy atom. The highest BCUT2D eigenvalue weighted by Gasteiger charge is 1.99. The summed E-state index contributed by atoms with van der Waals surface area (Å²) >= 11 is 5.62. The molecule has 0 bridgehead atoms. The number of rotatable bonds is 1. The second-order valence-electron chi connectivity index (χ2n) is 1.54. The number of nitriles is 1. The summed E-state index contributed by atoms with van der Waals surface area (Å²) in [5.41, 5.74) is 0.409. The molecule has 49 valence electrons. The van der Waals surface area contributed by atoms with Gasteiger partial charge in [-0.05, 0) is 6.07 Å². The lowest BCUT2D eigenvalue weighted by Crippen LogP contribution is -1.88. The van der Waals surface area contributed by atoms with E-state index < -0.39 is 0 Å². The number of halogens is 1. The van der Waals surface area contributed by atoms with Gasteiger partial charge >= 0.3 is 0 Å². The van der Waals surface area contributed by atoms with E-state index in [1.54, 1.807) is 6.07 Å². The van der Waals surface area contributed by atoms with E-state index in [1.165, 1.54) is 12.6 Å². The fourth-order valence-electron chi connectivity index (χ4n) is 0.486. The van der Waals surface area contributed by atoms with Crippen LogP contribution >= 0.6 is 11.6 Å². The Balaban J connectivity index is 2.94. The molecular weight excluding hydrogens is 150 g/mol. The molecule has 3 nitrogen and oxygen atoms in total. The van der Waals surface area contributed by atoms with Crippen molar-refractivity contribution < 1.29 is 0 Å². The molecule has 0 saturated heterocycles. The molecule has 0 fully saturated rings. The van der Waals surface area contributed by atoms with Gasteiger partial charge in [0.2, 0.25) is 0 Å². The van der Waals surface area contributed by atoms with Crippen LogP contribution in [-0.2, 0) is 0 Å². The largest absolute Gasteiger partial charge is 0.198 e. The van der Waals surface area contributed by atoms with Gasteiger partial charge < -0.3 is 0 Å². The predicted octanol–water partition coefficient (Wildman–Crippen LogP) is 1.21. The summed E-state index contributed by atoms with van der Waals surface area (Å²) in [6.45, 7) is 0. The maximum absolute atomic E-state index is 8.21. The van der Waals surface area contributed by atoms with E-state index in [-0.39, 0.29) is 0 Å². The Hall–Kier alpha value is -1.14. The van der Waals surface area contributed by atoms with Gasteiger partial charge in [-0.15, -0.1) is 0 Å². The van der Waals surface area contributed by atoms with Crippen molar-refractivity contribution in [3.63, 3.8) is 0 Å². The maximum atomic E-state index is 8.21. The smallest absolute Gasteiger partial charge is 0.113 e. The second-order valence-corrected chi connectivity index (χ2v) is 1.95. The molecule has 1 rings (SSSR count). The number of hydrogen-bond donors (Lipinski definition) is 0. The molecule has 1 aromatic rings. The first kappa shape index (κ1) is 6.97. The minimum Gasteiger partial charge on any atom is -0.198 e. The highest BCUT2D eigenvalue weighted by molar-refractivity contribution is 6.31. The lowest BCUT2D eigenvalue weighted by molar-refractivity contribution is 0.996. The molecular formula is C6H3ClN3. The Morgan fingerprint density at radius 2 is 2.50 bits per heavy atom. The fraction of sp³-hybridized carbons (Fsp3) is 0. The van der Waals surface area contributed by atoms with E-state index in [0.29, 0.717) is 10.7 Å². The number of hydrogen-bond acceptors (Lipinski definition) is 3. The van der Waals surface area contributed by atoms with Crippen molar-refractivity contribution in [2.45, 2.75) is 0 Å². The normalized spacial score (nSPS) is 8.80. The van der Waals surface area contributed by atoms with Gasteiger partial charge in [-0.1, -0.05) is 11.6 Å². The molecule has 0 atom stereocenters. The van der Waals surface area contributed by atoms with Crippen LogP contribution < -0.4 is 0 Å². The third-order valence-electron chi connectivity index (χ3n) is 0.899. The summed E-state index contributed by atoms with van der Waals surface area (Å²) in [6.07, 6.45) is 2.71. The van der Waals surface area contributed by atoms with Gasteiger partial charge in [-0.25, -0.2) is 0 Å². The van der Waals surface area contributed by atoms with Crippen LogP contribution in [0.5, 0.6) is 0 Å². The molecule has 1 aromatic heterocycles. The third kappa shape index (κ3) is 1.42. The zero-order valence-corrected chi connectivity index (χ0v) is 5.71. The minimum absolute atomic E-state index is 0.409. The van der Waals surface area contributed by atoms with E-state index in [1.807, 2.05) is 6.07 Å². The van der Waals surface area contributed by atoms with Crippen LogP contribution in [0.25, 0.3) is 0 Å². The maximum Gasteiger partial charge on any atom is 0.113 e. The van der Waals surface area contributed by atoms with E-state index >= 15 is 0 Å².